The number of likely N-dealkylation sites (tertiary alicyclic amines) is 1. The van der Waals surface area contributed by atoms with Crippen molar-refractivity contribution in [2.75, 3.05) is 32.0 Å². The molecule has 0 spiro atoms. The van der Waals surface area contributed by atoms with Crippen LogP contribution in [0, 0.1) is 5.92 Å². The predicted octanol–water partition coefficient (Wildman–Crippen LogP) is 1.68. The number of ether oxygens (including phenoxy) is 1. The maximum absolute atomic E-state index is 12.8. The highest BCUT2D eigenvalue weighted by molar-refractivity contribution is 5.86. The van der Waals surface area contributed by atoms with E-state index in [1.807, 2.05) is 24.1 Å². The average molecular weight is 343 g/mol. The van der Waals surface area contributed by atoms with Crippen LogP contribution in [0.5, 0.6) is 0 Å². The number of aryl methyl sites for hydroxylation is 1. The van der Waals surface area contributed by atoms with Crippen LogP contribution < -0.4 is 5.73 Å². The molecule has 0 bridgehead atoms. The van der Waals surface area contributed by atoms with Gasteiger partial charge >= 0.3 is 0 Å². The number of nitrogens with zero attached hydrogens (tertiary/aromatic N) is 4. The standard InChI is InChI=1S/C18H25N5O2/c1-22-17-14(16(19)21-22)4-5-15(20-17)13-3-2-8-23(11-13)18(24)12-6-9-25-10-7-12/h4-5,12-13H,2-3,6-11H2,1H3,(H2,19,21)/t13-/m1/s1. The summed E-state index contributed by atoms with van der Waals surface area (Å²) >= 11 is 0. The van der Waals surface area contributed by atoms with Gasteiger partial charge in [-0.1, -0.05) is 0 Å². The minimum absolute atomic E-state index is 0.125. The summed E-state index contributed by atoms with van der Waals surface area (Å²) < 4.78 is 7.11. The van der Waals surface area contributed by atoms with Gasteiger partial charge in [0, 0.05) is 50.9 Å². The zero-order valence-corrected chi connectivity index (χ0v) is 14.6. The van der Waals surface area contributed by atoms with Crippen LogP contribution in [0.4, 0.5) is 5.82 Å². The van der Waals surface area contributed by atoms with E-state index in [-0.39, 0.29) is 11.8 Å². The lowest BCUT2D eigenvalue weighted by Gasteiger charge is -2.35. The molecule has 0 aromatic carbocycles. The Hall–Kier alpha value is -2.15. The second kappa shape index (κ2) is 6.63. The van der Waals surface area contributed by atoms with Crippen LogP contribution >= 0.6 is 0 Å². The zero-order valence-electron chi connectivity index (χ0n) is 14.6. The normalized spacial score (nSPS) is 22.4. The number of piperidine rings is 1. The molecule has 4 rings (SSSR count). The molecule has 2 saturated heterocycles. The smallest absolute Gasteiger partial charge is 0.225 e. The van der Waals surface area contributed by atoms with E-state index in [4.69, 9.17) is 15.5 Å². The first-order valence-electron chi connectivity index (χ1n) is 9.09. The van der Waals surface area contributed by atoms with Crippen molar-refractivity contribution in [2.24, 2.45) is 13.0 Å². The van der Waals surface area contributed by atoms with Gasteiger partial charge in [-0.2, -0.15) is 5.10 Å². The number of nitrogens with two attached hydrogens (primary N) is 1. The fourth-order valence-electron chi connectivity index (χ4n) is 4.02. The predicted molar refractivity (Wildman–Crippen MR) is 95.0 cm³/mol. The molecular formula is C18H25N5O2. The molecule has 7 nitrogen and oxygen atoms in total. The monoisotopic (exact) mass is 343 g/mol. The van der Waals surface area contributed by atoms with E-state index >= 15 is 0 Å². The Morgan fingerprint density at radius 1 is 1.28 bits per heavy atom. The highest BCUT2D eigenvalue weighted by Gasteiger charge is 2.31. The molecule has 2 aromatic rings. The lowest BCUT2D eigenvalue weighted by atomic mass is 9.91. The van der Waals surface area contributed by atoms with Gasteiger partial charge in [0.1, 0.15) is 0 Å². The number of hydrogen-bond acceptors (Lipinski definition) is 5. The van der Waals surface area contributed by atoms with Gasteiger partial charge < -0.3 is 15.4 Å². The highest BCUT2D eigenvalue weighted by atomic mass is 16.5. The Morgan fingerprint density at radius 3 is 2.88 bits per heavy atom. The summed E-state index contributed by atoms with van der Waals surface area (Å²) in [5.74, 6) is 1.20. The number of aromatic nitrogens is 3. The van der Waals surface area contributed by atoms with Crippen molar-refractivity contribution in [3.05, 3.63) is 17.8 Å². The Morgan fingerprint density at radius 2 is 2.08 bits per heavy atom. The van der Waals surface area contributed by atoms with Gasteiger partial charge in [0.05, 0.1) is 5.39 Å². The van der Waals surface area contributed by atoms with E-state index in [0.717, 1.165) is 55.5 Å². The van der Waals surface area contributed by atoms with Crippen LogP contribution in [0.2, 0.25) is 0 Å². The number of anilines is 1. The molecule has 1 atom stereocenters. The summed E-state index contributed by atoms with van der Waals surface area (Å²) in [6.07, 6.45) is 3.77. The van der Waals surface area contributed by atoms with Gasteiger partial charge in [0.25, 0.3) is 0 Å². The van der Waals surface area contributed by atoms with Crippen LogP contribution in [0.1, 0.15) is 37.3 Å². The van der Waals surface area contributed by atoms with E-state index in [9.17, 15) is 4.79 Å². The van der Waals surface area contributed by atoms with Gasteiger partial charge in [-0.3, -0.25) is 4.79 Å². The molecule has 0 saturated carbocycles. The number of hydrogen-bond donors (Lipinski definition) is 1. The summed E-state index contributed by atoms with van der Waals surface area (Å²) in [6, 6.07) is 4.03. The third-order valence-electron chi connectivity index (χ3n) is 5.46. The number of carbonyl (C=O) groups is 1. The molecule has 2 aliphatic rings. The third-order valence-corrected chi connectivity index (χ3v) is 5.46. The minimum Gasteiger partial charge on any atom is -0.382 e. The van der Waals surface area contributed by atoms with Gasteiger partial charge in [0.15, 0.2) is 11.5 Å². The van der Waals surface area contributed by atoms with Gasteiger partial charge in [-0.05, 0) is 37.8 Å². The number of amides is 1. The molecule has 2 N–H and O–H groups in total. The van der Waals surface area contributed by atoms with Crippen molar-refractivity contribution in [3.8, 4) is 0 Å². The van der Waals surface area contributed by atoms with Crippen molar-refractivity contribution in [3.63, 3.8) is 0 Å². The maximum atomic E-state index is 12.8. The molecule has 1 amide bonds. The Bertz CT molecular complexity index is 781. The van der Waals surface area contributed by atoms with E-state index < -0.39 is 0 Å². The van der Waals surface area contributed by atoms with E-state index in [0.29, 0.717) is 24.9 Å². The lowest BCUT2D eigenvalue weighted by molar-refractivity contribution is -0.139. The number of fused-ring (bicyclic) bond motifs is 1. The van der Waals surface area contributed by atoms with Crippen molar-refractivity contribution in [1.82, 2.24) is 19.7 Å². The second-order valence-electron chi connectivity index (χ2n) is 7.13. The quantitative estimate of drug-likeness (QED) is 0.896. The first-order chi connectivity index (χ1) is 12.1. The Balaban J connectivity index is 1.52. The molecule has 2 fully saturated rings. The molecule has 134 valence electrons. The first-order valence-corrected chi connectivity index (χ1v) is 9.09. The van der Waals surface area contributed by atoms with E-state index in [1.165, 1.54) is 0 Å². The molecule has 0 aliphatic carbocycles. The van der Waals surface area contributed by atoms with Crippen LogP contribution in [-0.4, -0.2) is 51.9 Å². The third kappa shape index (κ3) is 3.08. The van der Waals surface area contributed by atoms with Crippen LogP contribution in [0.3, 0.4) is 0 Å². The summed E-state index contributed by atoms with van der Waals surface area (Å²) in [6.45, 7) is 3.01. The van der Waals surface area contributed by atoms with Crippen molar-refractivity contribution < 1.29 is 9.53 Å². The van der Waals surface area contributed by atoms with Crippen molar-refractivity contribution in [2.45, 2.75) is 31.6 Å². The molecule has 2 aromatic heterocycles. The Kier molecular flexibility index (Phi) is 4.33. The zero-order chi connectivity index (χ0) is 17.4. The first kappa shape index (κ1) is 16.3. The SMILES string of the molecule is Cn1nc(N)c2ccc([C@@H]3CCCN(C(=O)C4CCOCC4)C3)nc21. The molecule has 0 unspecified atom stereocenters. The van der Waals surface area contributed by atoms with Crippen LogP contribution in [-0.2, 0) is 16.6 Å². The lowest BCUT2D eigenvalue weighted by Crippen LogP contribution is -2.43. The summed E-state index contributed by atoms with van der Waals surface area (Å²) in [5, 5.41) is 5.12. The fraction of sp³-hybridized carbons (Fsp3) is 0.611. The molecule has 4 heterocycles. The summed E-state index contributed by atoms with van der Waals surface area (Å²) in [7, 11) is 1.86. The number of rotatable bonds is 2. The second-order valence-corrected chi connectivity index (χ2v) is 7.13. The van der Waals surface area contributed by atoms with E-state index in [1.54, 1.807) is 4.68 Å². The van der Waals surface area contributed by atoms with Crippen LogP contribution in [0.25, 0.3) is 11.0 Å². The highest BCUT2D eigenvalue weighted by Crippen LogP contribution is 2.30. The van der Waals surface area contributed by atoms with Gasteiger partial charge in [0.2, 0.25) is 5.91 Å². The fourth-order valence-corrected chi connectivity index (χ4v) is 4.02. The largest absolute Gasteiger partial charge is 0.382 e. The molecule has 2 aliphatic heterocycles. The molecular weight excluding hydrogens is 318 g/mol. The number of pyridine rings is 1. The maximum Gasteiger partial charge on any atom is 0.225 e. The average Bonchev–Trinajstić information content (AvgIpc) is 2.95. The van der Waals surface area contributed by atoms with E-state index in [2.05, 4.69) is 5.10 Å². The number of carbonyl (C=O) groups excluding carboxylic acids is 1. The molecule has 0 radical (unpaired) electrons. The molecule has 25 heavy (non-hydrogen) atoms. The minimum atomic E-state index is 0.125. The summed E-state index contributed by atoms with van der Waals surface area (Å²) in [5.41, 5.74) is 7.75. The number of nitrogen functional groups attached to an aromatic ring is 1. The van der Waals surface area contributed by atoms with Crippen LogP contribution in [0.15, 0.2) is 12.1 Å². The van der Waals surface area contributed by atoms with Crippen molar-refractivity contribution >= 4 is 22.8 Å². The van der Waals surface area contributed by atoms with Crippen molar-refractivity contribution in [1.29, 1.82) is 0 Å². The Labute approximate surface area is 147 Å². The van der Waals surface area contributed by atoms with Gasteiger partial charge in [-0.25, -0.2) is 9.67 Å². The van der Waals surface area contributed by atoms with Gasteiger partial charge in [-0.15, -0.1) is 0 Å². The topological polar surface area (TPSA) is 86.3 Å². The summed E-state index contributed by atoms with van der Waals surface area (Å²) in [4.78, 5) is 19.6. The molecule has 7 heteroatoms.